The van der Waals surface area contributed by atoms with Crippen molar-refractivity contribution >= 4 is 6.09 Å². The molecule has 0 N–H and O–H groups in total. The maximum atomic E-state index is 13.1. The van der Waals surface area contributed by atoms with Crippen LogP contribution in [-0.2, 0) is 17.7 Å². The molecule has 0 radical (unpaired) electrons. The number of benzene rings is 2. The summed E-state index contributed by atoms with van der Waals surface area (Å²) in [5.41, 5.74) is 3.27. The van der Waals surface area contributed by atoms with Gasteiger partial charge in [0.1, 0.15) is 11.4 Å². The summed E-state index contributed by atoms with van der Waals surface area (Å²) in [5, 5.41) is 0. The minimum Gasteiger partial charge on any atom is -0.497 e. The van der Waals surface area contributed by atoms with Crippen molar-refractivity contribution in [1.29, 1.82) is 0 Å². The Labute approximate surface area is 193 Å². The zero-order chi connectivity index (χ0) is 23.3. The average molecular weight is 439 g/mol. The summed E-state index contributed by atoms with van der Waals surface area (Å²) in [6.45, 7) is 13.3. The summed E-state index contributed by atoms with van der Waals surface area (Å²) in [6, 6.07) is 16.7. The molecule has 1 aliphatic rings. The van der Waals surface area contributed by atoms with Gasteiger partial charge >= 0.3 is 6.09 Å². The Hall–Kier alpha value is -2.53. The highest BCUT2D eigenvalue weighted by atomic mass is 16.6. The molecule has 1 amide bonds. The molecular formula is C27H38N2O3. The number of ether oxygens (including phenoxy) is 2. The largest absolute Gasteiger partial charge is 0.497 e. The van der Waals surface area contributed by atoms with Crippen molar-refractivity contribution in [2.24, 2.45) is 5.92 Å². The number of hydrogen-bond donors (Lipinski definition) is 0. The maximum Gasteiger partial charge on any atom is 0.410 e. The number of piperazine rings is 1. The molecule has 1 aliphatic heterocycles. The summed E-state index contributed by atoms with van der Waals surface area (Å²) >= 11 is 0. The first-order valence-corrected chi connectivity index (χ1v) is 11.6. The van der Waals surface area contributed by atoms with Crippen LogP contribution in [0.4, 0.5) is 4.79 Å². The number of methoxy groups -OCH3 is 1. The lowest BCUT2D eigenvalue weighted by Gasteiger charge is -2.42. The number of nitrogens with zero attached hydrogens (tertiary/aromatic N) is 2. The predicted octanol–water partition coefficient (Wildman–Crippen LogP) is 5.69. The first kappa shape index (κ1) is 24.1. The normalized spacial score (nSPS) is 17.5. The van der Waals surface area contributed by atoms with E-state index in [1.165, 1.54) is 16.7 Å². The van der Waals surface area contributed by atoms with E-state index in [0.717, 1.165) is 31.8 Å². The second-order valence-corrected chi connectivity index (χ2v) is 10.1. The van der Waals surface area contributed by atoms with Crippen LogP contribution in [0.25, 0.3) is 0 Å². The first-order chi connectivity index (χ1) is 15.2. The van der Waals surface area contributed by atoms with Crippen LogP contribution in [-0.4, -0.2) is 48.2 Å². The molecule has 1 heterocycles. The quantitative estimate of drug-likeness (QED) is 0.581. The lowest BCUT2D eigenvalue weighted by molar-refractivity contribution is -0.00312. The van der Waals surface area contributed by atoms with Crippen molar-refractivity contribution < 1.29 is 14.3 Å². The van der Waals surface area contributed by atoms with E-state index < -0.39 is 5.60 Å². The molecule has 0 bridgehead atoms. The monoisotopic (exact) mass is 438 g/mol. The topological polar surface area (TPSA) is 42.0 Å². The number of carbonyl (C=O) groups excluding carboxylic acids is 1. The Morgan fingerprint density at radius 3 is 2.38 bits per heavy atom. The number of carbonyl (C=O) groups is 1. The lowest BCUT2D eigenvalue weighted by Crippen LogP contribution is -2.51. The SMILES string of the molecule is COc1ccc(CN2CCN(C(=O)OC(C)(C)C)C(c3ccccc3CC(C)C)C2)cc1. The average Bonchev–Trinajstić information content (AvgIpc) is 2.73. The van der Waals surface area contributed by atoms with Gasteiger partial charge in [-0.3, -0.25) is 9.80 Å². The molecule has 32 heavy (non-hydrogen) atoms. The summed E-state index contributed by atoms with van der Waals surface area (Å²) in [7, 11) is 1.68. The Morgan fingerprint density at radius 2 is 1.75 bits per heavy atom. The molecule has 0 aromatic heterocycles. The molecular weight excluding hydrogens is 400 g/mol. The Balaban J connectivity index is 1.86. The van der Waals surface area contributed by atoms with E-state index in [0.29, 0.717) is 12.5 Å². The van der Waals surface area contributed by atoms with Gasteiger partial charge in [0.15, 0.2) is 0 Å². The van der Waals surface area contributed by atoms with Crippen molar-refractivity contribution in [1.82, 2.24) is 9.80 Å². The Morgan fingerprint density at radius 1 is 1.06 bits per heavy atom. The van der Waals surface area contributed by atoms with E-state index in [-0.39, 0.29) is 12.1 Å². The van der Waals surface area contributed by atoms with Gasteiger partial charge in [-0.1, -0.05) is 50.2 Å². The standard InChI is InChI=1S/C27H38N2O3/c1-20(2)17-22-9-7-8-10-24(22)25-19-28(18-21-11-13-23(31-6)14-12-21)15-16-29(25)26(30)32-27(3,4)5/h7-14,20,25H,15-19H2,1-6H3. The molecule has 2 aromatic carbocycles. The predicted molar refractivity (Wildman–Crippen MR) is 129 cm³/mol. The molecule has 2 aromatic rings. The molecule has 1 saturated heterocycles. The molecule has 3 rings (SSSR count). The zero-order valence-corrected chi connectivity index (χ0v) is 20.4. The van der Waals surface area contributed by atoms with Crippen molar-refractivity contribution in [3.05, 3.63) is 65.2 Å². The molecule has 1 unspecified atom stereocenters. The summed E-state index contributed by atoms with van der Waals surface area (Å²) < 4.78 is 11.1. The van der Waals surface area contributed by atoms with Crippen molar-refractivity contribution in [2.45, 2.75) is 59.2 Å². The van der Waals surface area contributed by atoms with Crippen molar-refractivity contribution in [3.63, 3.8) is 0 Å². The second kappa shape index (κ2) is 10.4. The van der Waals surface area contributed by atoms with Gasteiger partial charge in [-0.25, -0.2) is 4.79 Å². The molecule has 174 valence electrons. The lowest BCUT2D eigenvalue weighted by atomic mass is 9.92. The third kappa shape index (κ3) is 6.49. The highest BCUT2D eigenvalue weighted by molar-refractivity contribution is 5.69. The molecule has 0 aliphatic carbocycles. The minimum absolute atomic E-state index is 0.0354. The summed E-state index contributed by atoms with van der Waals surface area (Å²) in [5.74, 6) is 1.41. The molecule has 0 spiro atoms. The molecule has 1 fully saturated rings. The van der Waals surface area contributed by atoms with Gasteiger partial charge in [-0.05, 0) is 61.9 Å². The third-order valence-corrected chi connectivity index (χ3v) is 5.70. The van der Waals surface area contributed by atoms with Crippen LogP contribution in [0.3, 0.4) is 0 Å². The van der Waals surface area contributed by atoms with E-state index in [2.05, 4.69) is 55.1 Å². The van der Waals surface area contributed by atoms with Gasteiger partial charge in [0.25, 0.3) is 0 Å². The van der Waals surface area contributed by atoms with E-state index in [1.54, 1.807) is 7.11 Å². The number of amides is 1. The van der Waals surface area contributed by atoms with Crippen LogP contribution in [0.1, 0.15) is 57.4 Å². The van der Waals surface area contributed by atoms with Gasteiger partial charge in [0, 0.05) is 26.2 Å². The Bertz CT molecular complexity index is 887. The summed E-state index contributed by atoms with van der Waals surface area (Å²) in [4.78, 5) is 17.5. The van der Waals surface area contributed by atoms with Gasteiger partial charge < -0.3 is 9.47 Å². The second-order valence-electron chi connectivity index (χ2n) is 10.1. The maximum absolute atomic E-state index is 13.1. The fourth-order valence-electron chi connectivity index (χ4n) is 4.26. The van der Waals surface area contributed by atoms with Gasteiger partial charge in [-0.2, -0.15) is 0 Å². The summed E-state index contributed by atoms with van der Waals surface area (Å²) in [6.07, 6.45) is 0.763. The molecule has 5 nitrogen and oxygen atoms in total. The van der Waals surface area contributed by atoms with Gasteiger partial charge in [-0.15, -0.1) is 0 Å². The highest BCUT2D eigenvalue weighted by Crippen LogP contribution is 2.31. The van der Waals surface area contributed by atoms with E-state index in [4.69, 9.17) is 9.47 Å². The number of rotatable bonds is 6. The smallest absolute Gasteiger partial charge is 0.410 e. The third-order valence-electron chi connectivity index (χ3n) is 5.70. The van der Waals surface area contributed by atoms with E-state index in [1.807, 2.05) is 37.8 Å². The minimum atomic E-state index is -0.515. The van der Waals surface area contributed by atoms with Crippen LogP contribution in [0, 0.1) is 5.92 Å². The molecule has 1 atom stereocenters. The van der Waals surface area contributed by atoms with Crippen LogP contribution in [0.15, 0.2) is 48.5 Å². The van der Waals surface area contributed by atoms with Crippen LogP contribution < -0.4 is 4.74 Å². The van der Waals surface area contributed by atoms with Crippen LogP contribution in [0.2, 0.25) is 0 Å². The van der Waals surface area contributed by atoms with E-state index >= 15 is 0 Å². The zero-order valence-electron chi connectivity index (χ0n) is 20.4. The Kier molecular flexibility index (Phi) is 7.83. The molecule has 0 saturated carbocycles. The first-order valence-electron chi connectivity index (χ1n) is 11.6. The highest BCUT2D eigenvalue weighted by Gasteiger charge is 2.35. The fraction of sp³-hybridized carbons (Fsp3) is 0.519. The molecule has 5 heteroatoms. The van der Waals surface area contributed by atoms with Gasteiger partial charge in [0.2, 0.25) is 0 Å². The van der Waals surface area contributed by atoms with Crippen LogP contribution in [0.5, 0.6) is 5.75 Å². The van der Waals surface area contributed by atoms with E-state index in [9.17, 15) is 4.79 Å². The van der Waals surface area contributed by atoms with Crippen molar-refractivity contribution in [2.75, 3.05) is 26.7 Å². The number of hydrogen-bond acceptors (Lipinski definition) is 4. The van der Waals surface area contributed by atoms with Crippen LogP contribution >= 0.6 is 0 Å². The van der Waals surface area contributed by atoms with Crippen molar-refractivity contribution in [3.8, 4) is 5.75 Å². The van der Waals surface area contributed by atoms with Gasteiger partial charge in [0.05, 0.1) is 13.2 Å². The fourth-order valence-corrected chi connectivity index (χ4v) is 4.26.